The number of ether oxygens (including phenoxy) is 2. The molecule has 0 amide bonds. The molecule has 0 fully saturated rings. The monoisotopic (exact) mass is 422 g/mol. The summed E-state index contributed by atoms with van der Waals surface area (Å²) in [5.74, 6) is -0.530. The van der Waals surface area contributed by atoms with Crippen molar-refractivity contribution in [2.45, 2.75) is 53.2 Å². The van der Waals surface area contributed by atoms with Crippen LogP contribution in [0.5, 0.6) is 17.2 Å². The summed E-state index contributed by atoms with van der Waals surface area (Å²) in [6.45, 7) is 8.04. The highest BCUT2D eigenvalue weighted by atomic mass is 16.7. The number of allylic oxidation sites excluding steroid dienone is 4. The first kappa shape index (κ1) is 22.6. The van der Waals surface area contributed by atoms with Gasteiger partial charge in [-0.1, -0.05) is 29.4 Å². The first-order valence-electron chi connectivity index (χ1n) is 10.4. The third-order valence-electron chi connectivity index (χ3n) is 5.43. The van der Waals surface area contributed by atoms with Gasteiger partial charge in [0.1, 0.15) is 22.8 Å². The highest BCUT2D eigenvalue weighted by Gasteiger charge is 2.34. The fourth-order valence-corrected chi connectivity index (χ4v) is 3.78. The number of hydrogen-bond acceptors (Lipinski definition) is 5. The van der Waals surface area contributed by atoms with E-state index in [1.807, 2.05) is 6.92 Å². The maximum Gasteiger partial charge on any atom is 0.227 e. The minimum atomic E-state index is -0.867. The van der Waals surface area contributed by atoms with E-state index in [4.69, 9.17) is 9.47 Å². The van der Waals surface area contributed by atoms with E-state index in [0.717, 1.165) is 18.4 Å². The SMILES string of the molecule is COC1Oc2ccc(C/C=C(\C)CCC=C(C)C)c(O)c2C(=O)c2c(O)cc(C)cc21. The minimum absolute atomic E-state index is 0.0491. The van der Waals surface area contributed by atoms with Gasteiger partial charge in [-0.05, 0) is 76.3 Å². The number of benzene rings is 2. The lowest BCUT2D eigenvalue weighted by Crippen LogP contribution is -2.11. The standard InChI is InChI=1S/C26H30O5/c1-15(2)7-6-8-16(3)9-10-18-11-12-21-23(24(18)28)25(29)22-19(26(30-5)31-21)13-17(4)14-20(22)27/h7,9,11-14,26-28H,6,8,10H2,1-5H3/b16-9+. The molecule has 1 heterocycles. The molecule has 0 spiro atoms. The number of aromatic hydroxyl groups is 2. The fraction of sp³-hybridized carbons (Fsp3) is 0.346. The van der Waals surface area contributed by atoms with Crippen LogP contribution in [0.4, 0.5) is 0 Å². The van der Waals surface area contributed by atoms with E-state index < -0.39 is 12.1 Å². The van der Waals surface area contributed by atoms with E-state index in [0.29, 0.717) is 17.5 Å². The maximum atomic E-state index is 13.4. The Bertz CT molecular complexity index is 1060. The number of methoxy groups -OCH3 is 1. The molecular formula is C26H30O5. The summed E-state index contributed by atoms with van der Waals surface area (Å²) in [4.78, 5) is 13.4. The van der Waals surface area contributed by atoms with Crippen LogP contribution in [0.25, 0.3) is 0 Å². The molecule has 1 aliphatic heterocycles. The summed E-state index contributed by atoms with van der Waals surface area (Å²) in [5.41, 5.74) is 4.50. The number of fused-ring (bicyclic) bond motifs is 2. The number of ketones is 1. The van der Waals surface area contributed by atoms with Gasteiger partial charge in [-0.3, -0.25) is 4.79 Å². The topological polar surface area (TPSA) is 76.0 Å². The van der Waals surface area contributed by atoms with Gasteiger partial charge in [-0.15, -0.1) is 0 Å². The highest BCUT2D eigenvalue weighted by molar-refractivity contribution is 6.15. The largest absolute Gasteiger partial charge is 0.507 e. The van der Waals surface area contributed by atoms with Crippen molar-refractivity contribution >= 4 is 5.78 Å². The summed E-state index contributed by atoms with van der Waals surface area (Å²) in [6, 6.07) is 6.71. The summed E-state index contributed by atoms with van der Waals surface area (Å²) >= 11 is 0. The number of phenols is 2. The third-order valence-corrected chi connectivity index (χ3v) is 5.43. The average molecular weight is 423 g/mol. The Kier molecular flexibility index (Phi) is 6.86. The predicted molar refractivity (Wildman–Crippen MR) is 121 cm³/mol. The zero-order valence-corrected chi connectivity index (χ0v) is 18.8. The van der Waals surface area contributed by atoms with E-state index in [1.54, 1.807) is 18.2 Å². The Morgan fingerprint density at radius 3 is 2.55 bits per heavy atom. The molecule has 2 N–H and O–H groups in total. The third kappa shape index (κ3) is 4.83. The molecule has 2 aromatic carbocycles. The first-order chi connectivity index (χ1) is 14.7. The molecule has 164 valence electrons. The van der Waals surface area contributed by atoms with Crippen molar-refractivity contribution in [3.8, 4) is 17.2 Å². The summed E-state index contributed by atoms with van der Waals surface area (Å²) in [6.07, 6.45) is 5.80. The molecule has 3 rings (SSSR count). The molecule has 1 aliphatic rings. The molecule has 0 radical (unpaired) electrons. The molecular weight excluding hydrogens is 392 g/mol. The second-order valence-corrected chi connectivity index (χ2v) is 8.28. The number of phenolic OH excluding ortho intramolecular Hbond substituents is 2. The quantitative estimate of drug-likeness (QED) is 0.566. The van der Waals surface area contributed by atoms with Crippen LogP contribution in [-0.4, -0.2) is 23.1 Å². The molecule has 0 saturated heterocycles. The van der Waals surface area contributed by atoms with Gasteiger partial charge in [0, 0.05) is 12.7 Å². The van der Waals surface area contributed by atoms with Crippen LogP contribution in [0.3, 0.4) is 0 Å². The predicted octanol–water partition coefficient (Wildman–Crippen LogP) is 5.91. The Labute approximate surface area is 183 Å². The van der Waals surface area contributed by atoms with Crippen LogP contribution in [-0.2, 0) is 11.2 Å². The van der Waals surface area contributed by atoms with Crippen LogP contribution in [0.15, 0.2) is 47.6 Å². The Morgan fingerprint density at radius 2 is 1.87 bits per heavy atom. The van der Waals surface area contributed by atoms with Crippen molar-refractivity contribution < 1.29 is 24.5 Å². The smallest absolute Gasteiger partial charge is 0.227 e. The van der Waals surface area contributed by atoms with Crippen LogP contribution >= 0.6 is 0 Å². The van der Waals surface area contributed by atoms with Crippen molar-refractivity contribution in [1.82, 2.24) is 0 Å². The number of carbonyl (C=O) groups is 1. The Hall–Kier alpha value is -3.05. The molecule has 5 heteroatoms. The molecule has 0 aliphatic carbocycles. The maximum absolute atomic E-state index is 13.4. The summed E-state index contributed by atoms with van der Waals surface area (Å²) in [7, 11) is 1.47. The molecule has 5 nitrogen and oxygen atoms in total. The Balaban J connectivity index is 1.98. The van der Waals surface area contributed by atoms with Gasteiger partial charge in [0.25, 0.3) is 0 Å². The first-order valence-corrected chi connectivity index (χ1v) is 10.4. The van der Waals surface area contributed by atoms with Gasteiger partial charge < -0.3 is 19.7 Å². The van der Waals surface area contributed by atoms with Crippen LogP contribution in [0.1, 0.15) is 72.5 Å². The molecule has 0 bridgehead atoms. The van der Waals surface area contributed by atoms with Gasteiger partial charge >= 0.3 is 0 Å². The second kappa shape index (κ2) is 9.40. The number of hydrogen-bond donors (Lipinski definition) is 2. The van der Waals surface area contributed by atoms with Crippen molar-refractivity contribution in [3.05, 3.63) is 75.4 Å². The van der Waals surface area contributed by atoms with Gasteiger partial charge in [-0.25, -0.2) is 0 Å². The second-order valence-electron chi connectivity index (χ2n) is 8.28. The zero-order chi connectivity index (χ0) is 22.7. The van der Waals surface area contributed by atoms with Crippen LogP contribution in [0, 0.1) is 6.92 Å². The van der Waals surface area contributed by atoms with Crippen LogP contribution < -0.4 is 4.74 Å². The molecule has 0 saturated carbocycles. The lowest BCUT2D eigenvalue weighted by atomic mass is 9.93. The van der Waals surface area contributed by atoms with Gasteiger partial charge in [0.15, 0.2) is 0 Å². The van der Waals surface area contributed by atoms with Crippen molar-refractivity contribution in [2.24, 2.45) is 0 Å². The lowest BCUT2D eigenvalue weighted by Gasteiger charge is -2.18. The average Bonchev–Trinajstić information content (AvgIpc) is 2.81. The minimum Gasteiger partial charge on any atom is -0.507 e. The van der Waals surface area contributed by atoms with Crippen molar-refractivity contribution in [3.63, 3.8) is 0 Å². The normalized spacial score (nSPS) is 15.6. The molecule has 31 heavy (non-hydrogen) atoms. The molecule has 1 unspecified atom stereocenters. The van der Waals surface area contributed by atoms with E-state index in [2.05, 4.69) is 32.9 Å². The van der Waals surface area contributed by atoms with E-state index in [1.165, 1.54) is 24.3 Å². The van der Waals surface area contributed by atoms with Gasteiger partial charge in [0.05, 0.1) is 5.56 Å². The number of aryl methyl sites for hydroxylation is 1. The number of rotatable bonds is 6. The van der Waals surface area contributed by atoms with Gasteiger partial charge in [0.2, 0.25) is 12.1 Å². The highest BCUT2D eigenvalue weighted by Crippen LogP contribution is 2.43. The van der Waals surface area contributed by atoms with E-state index >= 15 is 0 Å². The van der Waals surface area contributed by atoms with E-state index in [-0.39, 0.29) is 28.4 Å². The molecule has 1 atom stereocenters. The molecule has 0 aromatic heterocycles. The number of carbonyl (C=O) groups excluding carboxylic acids is 1. The van der Waals surface area contributed by atoms with Crippen LogP contribution in [0.2, 0.25) is 0 Å². The summed E-state index contributed by atoms with van der Waals surface area (Å²) in [5, 5.41) is 21.5. The summed E-state index contributed by atoms with van der Waals surface area (Å²) < 4.78 is 11.3. The molecule has 2 aromatic rings. The lowest BCUT2D eigenvalue weighted by molar-refractivity contribution is -0.0559. The van der Waals surface area contributed by atoms with E-state index in [9.17, 15) is 15.0 Å². The zero-order valence-electron chi connectivity index (χ0n) is 18.8. The Morgan fingerprint density at radius 1 is 1.13 bits per heavy atom. The fourth-order valence-electron chi connectivity index (χ4n) is 3.78. The van der Waals surface area contributed by atoms with Crippen molar-refractivity contribution in [2.75, 3.05) is 7.11 Å². The van der Waals surface area contributed by atoms with Gasteiger partial charge in [-0.2, -0.15) is 0 Å². The van der Waals surface area contributed by atoms with Crippen molar-refractivity contribution in [1.29, 1.82) is 0 Å².